The lowest BCUT2D eigenvalue weighted by Gasteiger charge is -2.45. The smallest absolute Gasteiger partial charge is 0.00237 e. The van der Waals surface area contributed by atoms with Crippen LogP contribution < -0.4 is 0 Å². The number of hydrogen-bond acceptors (Lipinski definition) is 0. The highest BCUT2D eigenvalue weighted by molar-refractivity contribution is 8.34. The number of hydrogen-bond donors (Lipinski definition) is 0. The lowest BCUT2D eigenvalue weighted by atomic mass is 10.3. The zero-order valence-corrected chi connectivity index (χ0v) is 37.4. The average molecular weight is 865 g/mol. The van der Waals surface area contributed by atoms with E-state index in [1.807, 2.05) is 0 Å². The summed E-state index contributed by atoms with van der Waals surface area (Å²) < 4.78 is 0. The molecule has 0 bridgehead atoms. The zero-order chi connectivity index (χ0) is 42.4. The van der Waals surface area contributed by atoms with Crippen molar-refractivity contribution in [3.05, 3.63) is 291 Å². The van der Waals surface area contributed by atoms with Crippen LogP contribution in [0.4, 0.5) is 0 Å². The van der Waals surface area contributed by atoms with Gasteiger partial charge in [-0.2, -0.15) is 0 Å². The normalized spacial score (nSPS) is 12.6. The summed E-state index contributed by atoms with van der Waals surface area (Å²) in [5.74, 6) is 0. The quantitative estimate of drug-likeness (QED) is 0.115. The maximum atomic E-state index is 2.45. The third kappa shape index (κ3) is 7.03. The molecule has 306 valence electrons. The summed E-state index contributed by atoms with van der Waals surface area (Å²) in [6, 6.07) is 109. The summed E-state index contributed by atoms with van der Waals surface area (Å²) in [7, 11) is -5.72. The first-order valence-corrected chi connectivity index (χ1v) is 26.3. The van der Waals surface area contributed by atoms with Crippen LogP contribution in [0, 0.1) is 0 Å². The minimum absolute atomic E-state index is 1.30. The molecule has 0 spiro atoms. The van der Waals surface area contributed by atoms with E-state index in [2.05, 4.69) is 291 Å². The van der Waals surface area contributed by atoms with Gasteiger partial charge < -0.3 is 0 Å². The minimum Gasteiger partial charge on any atom is -0.133 e. The summed E-state index contributed by atoms with van der Waals surface area (Å²) in [5, 5.41) is 0. The molecule has 0 saturated carbocycles. The lowest BCUT2D eigenvalue weighted by molar-refractivity contribution is 1.18. The Morgan fingerprint density at radius 3 is 0.317 bits per heavy atom. The van der Waals surface area contributed by atoms with E-state index in [0.717, 1.165) is 0 Å². The number of benzene rings is 10. The molecule has 0 radical (unpaired) electrons. The molecule has 0 aliphatic carbocycles. The first-order valence-electron chi connectivity index (χ1n) is 21.4. The molecule has 10 aromatic carbocycles. The van der Waals surface area contributed by atoms with E-state index in [1.165, 1.54) is 58.7 Å². The molecular weight excluding hydrogens is 817 g/mol. The molecule has 0 aliphatic heterocycles. The molecule has 0 fully saturated rings. The molecule has 0 heterocycles. The summed E-state index contributed by atoms with van der Waals surface area (Å²) >= 11 is 0. The highest BCUT2D eigenvalue weighted by Crippen LogP contribution is 2.78. The van der Waals surface area contributed by atoms with Gasteiger partial charge in [0.05, 0.1) is 0 Å². The molecular formula is C60H48S3. The first-order chi connectivity index (χ1) is 31.3. The topological polar surface area (TPSA) is 0 Å². The lowest BCUT2D eigenvalue weighted by Crippen LogP contribution is -2.08. The summed E-state index contributed by atoms with van der Waals surface area (Å²) in [6.45, 7) is 0. The van der Waals surface area contributed by atoms with Gasteiger partial charge in [0.25, 0.3) is 0 Å². The van der Waals surface area contributed by atoms with Gasteiger partial charge in [-0.15, -0.1) is 30.1 Å². The number of rotatable bonds is 12. The third-order valence-electron chi connectivity index (χ3n) is 11.8. The Morgan fingerprint density at radius 1 is 0.111 bits per heavy atom. The van der Waals surface area contributed by atoms with Gasteiger partial charge in [0.1, 0.15) is 0 Å². The molecule has 0 aliphatic rings. The third-order valence-corrected chi connectivity index (χ3v) is 23.6. The van der Waals surface area contributed by atoms with Crippen molar-refractivity contribution in [1.82, 2.24) is 0 Å². The highest BCUT2D eigenvalue weighted by atomic mass is 32.3. The zero-order valence-electron chi connectivity index (χ0n) is 34.9. The van der Waals surface area contributed by atoms with Gasteiger partial charge in [-0.05, 0) is 146 Å². The van der Waals surface area contributed by atoms with Crippen LogP contribution in [-0.4, -0.2) is 0 Å². The van der Waals surface area contributed by atoms with Crippen LogP contribution in [0.3, 0.4) is 0 Å². The fraction of sp³-hybridized carbons (Fsp3) is 0. The van der Waals surface area contributed by atoms with Crippen molar-refractivity contribution >= 4 is 30.1 Å². The van der Waals surface area contributed by atoms with Crippen molar-refractivity contribution < 1.29 is 0 Å². The molecule has 0 atom stereocenters. The van der Waals surface area contributed by atoms with Gasteiger partial charge in [-0.3, -0.25) is 0 Å². The van der Waals surface area contributed by atoms with Gasteiger partial charge in [-0.25, -0.2) is 0 Å². The molecule has 10 aromatic rings. The molecule has 10 rings (SSSR count). The molecule has 0 saturated heterocycles. The van der Waals surface area contributed by atoms with Crippen LogP contribution in [0.15, 0.2) is 350 Å². The second-order valence-electron chi connectivity index (χ2n) is 15.3. The SMILES string of the molecule is c1ccc(S(c2ccccc2)(c2ccccc2)c2ccc(S(c3ccccc3)(c3ccccc3)c3ccc(S(c4ccccc4)(c4ccccc4)c4ccccc4)cc3)cc2)cc1. The van der Waals surface area contributed by atoms with E-state index in [0.29, 0.717) is 0 Å². The van der Waals surface area contributed by atoms with E-state index in [1.54, 1.807) is 0 Å². The predicted octanol–water partition coefficient (Wildman–Crippen LogP) is 17.7. The molecule has 0 amide bonds. The van der Waals surface area contributed by atoms with Crippen LogP contribution in [0.5, 0.6) is 0 Å². The Hall–Kier alpha value is -6.75. The van der Waals surface area contributed by atoms with Crippen molar-refractivity contribution in [2.24, 2.45) is 0 Å². The van der Waals surface area contributed by atoms with Crippen molar-refractivity contribution in [3.63, 3.8) is 0 Å². The summed E-state index contributed by atoms with van der Waals surface area (Å²) in [5.41, 5.74) is 0. The molecule has 0 aromatic heterocycles. The fourth-order valence-electron chi connectivity index (χ4n) is 9.14. The summed E-state index contributed by atoms with van der Waals surface area (Å²) in [4.78, 5) is 15.7. The summed E-state index contributed by atoms with van der Waals surface area (Å²) in [6.07, 6.45) is 0. The molecule has 3 heteroatoms. The standard InChI is InChI=1S/C60H48S3/c1-9-25-49(26-10-1)61(50-27-11-2-12-28-50,51-29-13-3-14-30-51)57-41-45-59(46-42-57)63(55-37-21-7-22-38-55,56-39-23-8-24-40-56)60-47-43-58(44-48-60)62(52-31-15-4-16-32-52,53-33-17-5-18-34-53)54-35-19-6-20-36-54/h1-48H. The van der Waals surface area contributed by atoms with Crippen molar-refractivity contribution in [2.45, 2.75) is 58.7 Å². The van der Waals surface area contributed by atoms with Crippen molar-refractivity contribution in [3.8, 4) is 0 Å². The van der Waals surface area contributed by atoms with E-state index in [4.69, 9.17) is 0 Å². The maximum Gasteiger partial charge on any atom is 0.00237 e. The molecule has 0 N–H and O–H groups in total. The Labute approximate surface area is 377 Å². The van der Waals surface area contributed by atoms with Gasteiger partial charge in [0.2, 0.25) is 0 Å². The Bertz CT molecular complexity index is 2580. The average Bonchev–Trinajstić information content (AvgIpc) is 3.38. The monoisotopic (exact) mass is 864 g/mol. The second kappa shape index (κ2) is 17.9. The first kappa shape index (κ1) is 40.3. The van der Waals surface area contributed by atoms with Crippen molar-refractivity contribution in [2.75, 3.05) is 0 Å². The predicted molar refractivity (Wildman–Crippen MR) is 266 cm³/mol. The van der Waals surface area contributed by atoms with Gasteiger partial charge in [0, 0.05) is 58.7 Å². The van der Waals surface area contributed by atoms with Crippen molar-refractivity contribution in [1.29, 1.82) is 0 Å². The van der Waals surface area contributed by atoms with E-state index >= 15 is 0 Å². The van der Waals surface area contributed by atoms with Crippen LogP contribution >= 0.6 is 30.1 Å². The largest absolute Gasteiger partial charge is 0.133 e. The van der Waals surface area contributed by atoms with Crippen LogP contribution in [0.2, 0.25) is 0 Å². The second-order valence-corrected chi connectivity index (χ2v) is 24.6. The Morgan fingerprint density at radius 2 is 0.206 bits per heavy atom. The van der Waals surface area contributed by atoms with Crippen LogP contribution in [0.1, 0.15) is 0 Å². The van der Waals surface area contributed by atoms with Gasteiger partial charge >= 0.3 is 0 Å². The van der Waals surface area contributed by atoms with E-state index < -0.39 is 30.1 Å². The molecule has 0 unspecified atom stereocenters. The Kier molecular flexibility index (Phi) is 11.5. The van der Waals surface area contributed by atoms with Crippen LogP contribution in [0.25, 0.3) is 0 Å². The van der Waals surface area contributed by atoms with E-state index in [9.17, 15) is 0 Å². The Balaban J connectivity index is 1.22. The fourth-order valence-corrected chi connectivity index (χ4v) is 20.7. The maximum absolute atomic E-state index is 2.45. The van der Waals surface area contributed by atoms with Crippen LogP contribution in [-0.2, 0) is 0 Å². The molecule has 0 nitrogen and oxygen atoms in total. The van der Waals surface area contributed by atoms with Gasteiger partial charge in [-0.1, -0.05) is 146 Å². The molecule has 63 heavy (non-hydrogen) atoms. The van der Waals surface area contributed by atoms with Gasteiger partial charge in [0.15, 0.2) is 0 Å². The van der Waals surface area contributed by atoms with E-state index in [-0.39, 0.29) is 0 Å². The minimum atomic E-state index is -2.01. The highest BCUT2D eigenvalue weighted by Gasteiger charge is 2.38.